The summed E-state index contributed by atoms with van der Waals surface area (Å²) in [6.07, 6.45) is 6.76. The third-order valence-electron chi connectivity index (χ3n) is 3.69. The molecule has 0 bridgehead atoms. The molecular weight excluding hydrogens is 284 g/mol. The molecule has 2 aromatic carbocycles. The summed E-state index contributed by atoms with van der Waals surface area (Å²) in [5, 5.41) is 10.3. The fraction of sp³-hybridized carbons (Fsp3) is 0.238. The summed E-state index contributed by atoms with van der Waals surface area (Å²) in [5.41, 5.74) is 5.32. The molecule has 0 heterocycles. The third kappa shape index (κ3) is 4.75. The zero-order valence-electron chi connectivity index (χ0n) is 14.3. The van der Waals surface area contributed by atoms with E-state index in [1.165, 1.54) is 11.1 Å². The Hall–Kier alpha value is -2.48. The van der Waals surface area contributed by atoms with Crippen LogP contribution in [0.3, 0.4) is 0 Å². The number of methoxy groups -OCH3 is 1. The van der Waals surface area contributed by atoms with Gasteiger partial charge in [-0.25, -0.2) is 0 Å². The van der Waals surface area contributed by atoms with Crippen molar-refractivity contribution in [3.05, 3.63) is 70.3 Å². The average molecular weight is 308 g/mol. The molecule has 0 saturated heterocycles. The normalized spacial score (nSPS) is 10.8. The fourth-order valence-corrected chi connectivity index (χ4v) is 2.31. The molecule has 2 rings (SSSR count). The van der Waals surface area contributed by atoms with Crippen LogP contribution in [0.4, 0.5) is 0 Å². The van der Waals surface area contributed by atoms with Crippen LogP contribution in [0.2, 0.25) is 0 Å². The van der Waals surface area contributed by atoms with E-state index >= 15 is 0 Å². The van der Waals surface area contributed by atoms with Crippen molar-refractivity contribution in [3.8, 4) is 11.5 Å². The molecule has 0 spiro atoms. The predicted molar refractivity (Wildman–Crippen MR) is 97.9 cm³/mol. The molecule has 120 valence electrons. The molecule has 0 aromatic heterocycles. The van der Waals surface area contributed by atoms with E-state index in [0.29, 0.717) is 12.2 Å². The number of rotatable bonds is 5. The highest BCUT2D eigenvalue weighted by atomic mass is 16.5. The zero-order valence-corrected chi connectivity index (χ0v) is 14.3. The van der Waals surface area contributed by atoms with Crippen LogP contribution < -0.4 is 4.74 Å². The summed E-state index contributed by atoms with van der Waals surface area (Å²) in [6.45, 7) is 6.16. The van der Waals surface area contributed by atoms with Gasteiger partial charge in [-0.15, -0.1) is 0 Å². The van der Waals surface area contributed by atoms with Crippen molar-refractivity contribution in [2.75, 3.05) is 7.11 Å². The lowest BCUT2D eigenvalue weighted by molar-refractivity contribution is 0.401. The second-order valence-corrected chi connectivity index (χ2v) is 5.95. The molecule has 0 aliphatic rings. The van der Waals surface area contributed by atoms with Crippen LogP contribution in [0.25, 0.3) is 12.2 Å². The highest BCUT2D eigenvalue weighted by molar-refractivity contribution is 5.72. The van der Waals surface area contributed by atoms with Gasteiger partial charge in [0.1, 0.15) is 11.5 Å². The lowest BCUT2D eigenvalue weighted by Gasteiger charge is -2.10. The minimum atomic E-state index is 0.269. The van der Waals surface area contributed by atoms with Crippen LogP contribution in [0, 0.1) is 6.92 Å². The Morgan fingerprint density at radius 3 is 2.30 bits per heavy atom. The summed E-state index contributed by atoms with van der Waals surface area (Å²) in [7, 11) is 1.63. The monoisotopic (exact) mass is 308 g/mol. The first-order valence-electron chi connectivity index (χ1n) is 7.77. The van der Waals surface area contributed by atoms with E-state index in [2.05, 4.69) is 37.3 Å². The first-order valence-corrected chi connectivity index (χ1v) is 7.77. The van der Waals surface area contributed by atoms with Crippen molar-refractivity contribution in [2.24, 2.45) is 0 Å². The molecule has 2 aromatic rings. The van der Waals surface area contributed by atoms with E-state index in [0.717, 1.165) is 16.7 Å². The Kier molecular flexibility index (Phi) is 5.64. The highest BCUT2D eigenvalue weighted by Crippen LogP contribution is 2.31. The molecule has 2 heteroatoms. The average Bonchev–Trinajstić information content (AvgIpc) is 2.52. The van der Waals surface area contributed by atoms with E-state index < -0.39 is 0 Å². The van der Waals surface area contributed by atoms with Gasteiger partial charge in [-0.05, 0) is 50.5 Å². The Labute approximate surface area is 138 Å². The number of phenols is 1. The molecule has 23 heavy (non-hydrogen) atoms. The van der Waals surface area contributed by atoms with E-state index in [1.54, 1.807) is 13.2 Å². The zero-order chi connectivity index (χ0) is 16.8. The van der Waals surface area contributed by atoms with Gasteiger partial charge < -0.3 is 9.84 Å². The number of hydrogen-bond donors (Lipinski definition) is 1. The van der Waals surface area contributed by atoms with Crippen LogP contribution >= 0.6 is 0 Å². The van der Waals surface area contributed by atoms with Gasteiger partial charge in [-0.1, -0.05) is 53.6 Å². The number of ether oxygens (including phenoxy) is 1. The van der Waals surface area contributed by atoms with Gasteiger partial charge in [-0.3, -0.25) is 0 Å². The Morgan fingerprint density at radius 2 is 1.70 bits per heavy atom. The number of allylic oxidation sites excluding steroid dienone is 2. The van der Waals surface area contributed by atoms with Gasteiger partial charge in [0.15, 0.2) is 0 Å². The molecule has 1 N–H and O–H groups in total. The molecule has 0 radical (unpaired) electrons. The lowest BCUT2D eigenvalue weighted by Crippen LogP contribution is -1.93. The molecule has 0 atom stereocenters. The smallest absolute Gasteiger partial charge is 0.126 e. The number of hydrogen-bond acceptors (Lipinski definition) is 2. The van der Waals surface area contributed by atoms with Gasteiger partial charge in [0.2, 0.25) is 0 Å². The van der Waals surface area contributed by atoms with Gasteiger partial charge >= 0.3 is 0 Å². The minimum Gasteiger partial charge on any atom is -0.507 e. The number of aryl methyl sites for hydroxylation is 1. The summed E-state index contributed by atoms with van der Waals surface area (Å²) in [6, 6.07) is 12.1. The largest absolute Gasteiger partial charge is 0.507 e. The number of benzene rings is 2. The van der Waals surface area contributed by atoms with Crippen LogP contribution in [0.15, 0.2) is 48.0 Å². The summed E-state index contributed by atoms with van der Waals surface area (Å²) in [5.74, 6) is 0.983. The maximum atomic E-state index is 10.3. The first kappa shape index (κ1) is 16.9. The highest BCUT2D eigenvalue weighted by Gasteiger charge is 2.09. The van der Waals surface area contributed by atoms with Crippen LogP contribution in [-0.2, 0) is 6.42 Å². The van der Waals surface area contributed by atoms with Crippen molar-refractivity contribution >= 4 is 12.2 Å². The van der Waals surface area contributed by atoms with Crippen LogP contribution in [0.1, 0.15) is 36.1 Å². The van der Waals surface area contributed by atoms with Crippen molar-refractivity contribution in [3.63, 3.8) is 0 Å². The second-order valence-electron chi connectivity index (χ2n) is 5.95. The first-order chi connectivity index (χ1) is 11.0. The Balaban J connectivity index is 2.28. The molecule has 0 aliphatic carbocycles. The molecule has 2 nitrogen and oxygen atoms in total. The maximum Gasteiger partial charge on any atom is 0.126 e. The Bertz CT molecular complexity index is 718. The minimum absolute atomic E-state index is 0.269. The topological polar surface area (TPSA) is 29.5 Å². The third-order valence-corrected chi connectivity index (χ3v) is 3.69. The van der Waals surface area contributed by atoms with Crippen molar-refractivity contribution < 1.29 is 9.84 Å². The molecule has 0 saturated carbocycles. The molecular formula is C21H24O2. The van der Waals surface area contributed by atoms with Crippen molar-refractivity contribution in [2.45, 2.75) is 27.2 Å². The lowest BCUT2D eigenvalue weighted by atomic mass is 10.0. The van der Waals surface area contributed by atoms with Gasteiger partial charge in [0.05, 0.1) is 7.11 Å². The van der Waals surface area contributed by atoms with Crippen molar-refractivity contribution in [1.82, 2.24) is 0 Å². The number of aromatic hydroxyl groups is 1. The van der Waals surface area contributed by atoms with Crippen molar-refractivity contribution in [1.29, 1.82) is 0 Å². The predicted octanol–water partition coefficient (Wildman–Crippen LogP) is 5.39. The van der Waals surface area contributed by atoms with Crippen LogP contribution in [-0.4, -0.2) is 12.2 Å². The summed E-state index contributed by atoms with van der Waals surface area (Å²) < 4.78 is 5.44. The van der Waals surface area contributed by atoms with Gasteiger partial charge in [-0.2, -0.15) is 0 Å². The fourth-order valence-electron chi connectivity index (χ4n) is 2.31. The van der Waals surface area contributed by atoms with Crippen LogP contribution in [0.5, 0.6) is 11.5 Å². The maximum absolute atomic E-state index is 10.3. The Morgan fingerprint density at radius 1 is 1.04 bits per heavy atom. The summed E-state index contributed by atoms with van der Waals surface area (Å²) >= 11 is 0. The van der Waals surface area contributed by atoms with Gasteiger partial charge in [0.25, 0.3) is 0 Å². The second kappa shape index (κ2) is 7.68. The SMILES string of the molecule is COc1cc(C=Cc2ccc(C)cc2)cc(O)c1CC=C(C)C. The standard InChI is InChI=1S/C21H24O2/c1-15(2)5-12-19-20(22)13-18(14-21(19)23-4)11-10-17-8-6-16(3)7-9-17/h5-11,13-14,22H,12H2,1-4H3. The molecule has 0 amide bonds. The number of phenolic OH excluding ortho intramolecular Hbond substituents is 1. The van der Waals surface area contributed by atoms with Gasteiger partial charge in [0, 0.05) is 5.56 Å². The molecule has 0 aliphatic heterocycles. The van der Waals surface area contributed by atoms with E-state index in [1.807, 2.05) is 32.1 Å². The van der Waals surface area contributed by atoms with E-state index in [4.69, 9.17) is 4.74 Å². The van der Waals surface area contributed by atoms with E-state index in [-0.39, 0.29) is 5.75 Å². The molecule has 0 unspecified atom stereocenters. The van der Waals surface area contributed by atoms with E-state index in [9.17, 15) is 5.11 Å². The summed E-state index contributed by atoms with van der Waals surface area (Å²) in [4.78, 5) is 0. The quantitative estimate of drug-likeness (QED) is 0.593. The molecule has 0 fully saturated rings.